The third-order valence-corrected chi connectivity index (χ3v) is 2.36. The number of carbonyl (C=O) groups excluding carboxylic acids is 2. The molecular weight excluding hydrogens is 253 g/mol. The van der Waals surface area contributed by atoms with E-state index in [1.165, 1.54) is 24.1 Å². The number of halogens is 1. The first kappa shape index (κ1) is 14.7. The van der Waals surface area contributed by atoms with Crippen LogP contribution in [0.1, 0.15) is 5.56 Å². The number of methoxy groups -OCH3 is 1. The number of amides is 1. The highest BCUT2D eigenvalue weighted by Crippen LogP contribution is 2.06. The van der Waals surface area contributed by atoms with E-state index in [1.807, 2.05) is 0 Å². The van der Waals surface area contributed by atoms with Gasteiger partial charge in [-0.2, -0.15) is 0 Å². The molecule has 0 saturated carbocycles. The Kier molecular flexibility index (Phi) is 5.05. The van der Waals surface area contributed by atoms with E-state index >= 15 is 0 Å². The number of hydrogen-bond donors (Lipinski definition) is 1. The van der Waals surface area contributed by atoms with E-state index in [9.17, 15) is 19.1 Å². The predicted molar refractivity (Wildman–Crippen MR) is 65.6 cm³/mol. The first-order valence-corrected chi connectivity index (χ1v) is 5.42. The highest BCUT2D eigenvalue weighted by Gasteiger charge is 2.13. The van der Waals surface area contributed by atoms with Gasteiger partial charge < -0.3 is 14.7 Å². The Bertz CT molecular complexity index is 496. The smallest absolute Gasteiger partial charge is 0.373 e. The number of benzene rings is 1. The fourth-order valence-electron chi connectivity index (χ4n) is 1.33. The minimum absolute atomic E-state index is 0.226. The van der Waals surface area contributed by atoms with Gasteiger partial charge in [0.25, 0.3) is 5.91 Å². The van der Waals surface area contributed by atoms with Gasteiger partial charge in [-0.05, 0) is 17.7 Å². The SMILES string of the molecule is COC(=O)/C(O)=C/C(=O)N(C)Cc1ccc(F)cc1. The molecule has 6 heteroatoms. The summed E-state index contributed by atoms with van der Waals surface area (Å²) in [4.78, 5) is 23.8. The lowest BCUT2D eigenvalue weighted by Crippen LogP contribution is -2.25. The monoisotopic (exact) mass is 267 g/mol. The Morgan fingerprint density at radius 2 is 1.95 bits per heavy atom. The van der Waals surface area contributed by atoms with Gasteiger partial charge in [-0.25, -0.2) is 9.18 Å². The number of ether oxygens (including phenoxy) is 1. The van der Waals surface area contributed by atoms with E-state index in [4.69, 9.17) is 0 Å². The average molecular weight is 267 g/mol. The summed E-state index contributed by atoms with van der Waals surface area (Å²) in [6.07, 6.45) is 0.773. The molecule has 0 heterocycles. The lowest BCUT2D eigenvalue weighted by Gasteiger charge is -2.15. The molecule has 0 aliphatic rings. The maximum absolute atomic E-state index is 12.7. The number of likely N-dealkylation sites (N-methyl/N-ethyl adjacent to an activating group) is 1. The van der Waals surface area contributed by atoms with E-state index in [2.05, 4.69) is 4.74 Å². The number of rotatable bonds is 4. The minimum atomic E-state index is -0.983. The van der Waals surface area contributed by atoms with Gasteiger partial charge in [-0.3, -0.25) is 4.79 Å². The fourth-order valence-corrected chi connectivity index (χ4v) is 1.33. The van der Waals surface area contributed by atoms with E-state index < -0.39 is 17.6 Å². The summed E-state index contributed by atoms with van der Waals surface area (Å²) in [7, 11) is 2.59. The van der Waals surface area contributed by atoms with Crippen LogP contribution in [-0.4, -0.2) is 36.0 Å². The second kappa shape index (κ2) is 6.53. The van der Waals surface area contributed by atoms with Crippen molar-refractivity contribution in [3.63, 3.8) is 0 Å². The third kappa shape index (κ3) is 4.42. The van der Waals surface area contributed by atoms with Crippen LogP contribution in [0.3, 0.4) is 0 Å². The van der Waals surface area contributed by atoms with Crippen LogP contribution in [0.2, 0.25) is 0 Å². The van der Waals surface area contributed by atoms with Crippen molar-refractivity contribution in [1.82, 2.24) is 4.90 Å². The minimum Gasteiger partial charge on any atom is -0.502 e. The number of esters is 1. The predicted octanol–water partition coefficient (Wildman–Crippen LogP) is 1.40. The first-order valence-electron chi connectivity index (χ1n) is 5.42. The van der Waals surface area contributed by atoms with Crippen molar-refractivity contribution in [2.45, 2.75) is 6.54 Å². The Hall–Kier alpha value is -2.37. The van der Waals surface area contributed by atoms with Crippen molar-refractivity contribution >= 4 is 11.9 Å². The summed E-state index contributed by atoms with van der Waals surface area (Å²) in [5, 5.41) is 9.23. The molecule has 0 fully saturated rings. The second-order valence-electron chi connectivity index (χ2n) is 3.84. The van der Waals surface area contributed by atoms with Crippen LogP contribution in [0.25, 0.3) is 0 Å². The molecule has 1 aromatic carbocycles. The molecular formula is C13H14FNO4. The highest BCUT2D eigenvalue weighted by molar-refractivity contribution is 5.96. The van der Waals surface area contributed by atoms with Gasteiger partial charge in [0.15, 0.2) is 0 Å². The van der Waals surface area contributed by atoms with E-state index in [-0.39, 0.29) is 12.4 Å². The molecule has 1 aromatic rings. The first-order chi connectivity index (χ1) is 8.93. The zero-order chi connectivity index (χ0) is 14.4. The molecule has 0 aromatic heterocycles. The number of aliphatic hydroxyl groups is 1. The number of carbonyl (C=O) groups is 2. The van der Waals surface area contributed by atoms with Crippen LogP contribution in [0.4, 0.5) is 4.39 Å². The van der Waals surface area contributed by atoms with Gasteiger partial charge in [0.2, 0.25) is 5.76 Å². The van der Waals surface area contributed by atoms with Gasteiger partial charge in [-0.1, -0.05) is 12.1 Å². The van der Waals surface area contributed by atoms with Crippen LogP contribution in [0, 0.1) is 5.82 Å². The largest absolute Gasteiger partial charge is 0.502 e. The maximum atomic E-state index is 12.7. The molecule has 0 saturated heterocycles. The highest BCUT2D eigenvalue weighted by atomic mass is 19.1. The molecule has 0 spiro atoms. The van der Waals surface area contributed by atoms with Crippen molar-refractivity contribution in [3.05, 3.63) is 47.5 Å². The molecule has 19 heavy (non-hydrogen) atoms. The lowest BCUT2D eigenvalue weighted by molar-refractivity contribution is -0.139. The van der Waals surface area contributed by atoms with Crippen LogP contribution in [0.5, 0.6) is 0 Å². The third-order valence-electron chi connectivity index (χ3n) is 2.36. The molecule has 0 aliphatic heterocycles. The molecule has 5 nitrogen and oxygen atoms in total. The molecule has 0 bridgehead atoms. The van der Waals surface area contributed by atoms with Crippen molar-refractivity contribution in [2.75, 3.05) is 14.2 Å². The van der Waals surface area contributed by atoms with E-state index in [0.29, 0.717) is 0 Å². The average Bonchev–Trinajstić information content (AvgIpc) is 2.40. The second-order valence-corrected chi connectivity index (χ2v) is 3.84. The molecule has 102 valence electrons. The Morgan fingerprint density at radius 3 is 2.47 bits per heavy atom. The molecule has 0 atom stereocenters. The van der Waals surface area contributed by atoms with E-state index in [1.54, 1.807) is 12.1 Å². The van der Waals surface area contributed by atoms with Crippen molar-refractivity contribution in [3.8, 4) is 0 Å². The molecule has 0 aliphatic carbocycles. The van der Waals surface area contributed by atoms with Crippen LogP contribution in [-0.2, 0) is 20.9 Å². The number of aliphatic hydroxyl groups excluding tert-OH is 1. The number of nitrogens with zero attached hydrogens (tertiary/aromatic N) is 1. The summed E-state index contributed by atoms with van der Waals surface area (Å²) in [6.45, 7) is 0.226. The summed E-state index contributed by atoms with van der Waals surface area (Å²) in [5.41, 5.74) is 0.725. The van der Waals surface area contributed by atoms with Gasteiger partial charge in [0.1, 0.15) is 5.82 Å². The van der Waals surface area contributed by atoms with Crippen LogP contribution in [0.15, 0.2) is 36.1 Å². The maximum Gasteiger partial charge on any atom is 0.373 e. The van der Waals surface area contributed by atoms with Gasteiger partial charge in [0, 0.05) is 13.6 Å². The Balaban J connectivity index is 2.67. The molecule has 0 unspecified atom stereocenters. The summed E-state index contributed by atoms with van der Waals surface area (Å²) in [5.74, 6) is -2.67. The van der Waals surface area contributed by atoms with Crippen molar-refractivity contribution in [1.29, 1.82) is 0 Å². The molecule has 1 rings (SSSR count). The Morgan fingerprint density at radius 1 is 1.37 bits per heavy atom. The Labute approximate surface area is 109 Å². The lowest BCUT2D eigenvalue weighted by atomic mass is 10.2. The van der Waals surface area contributed by atoms with Crippen molar-refractivity contribution < 1.29 is 23.8 Å². The summed E-state index contributed by atoms with van der Waals surface area (Å²) in [6, 6.07) is 5.66. The van der Waals surface area contributed by atoms with Crippen LogP contribution >= 0.6 is 0 Å². The van der Waals surface area contributed by atoms with Gasteiger partial charge in [-0.15, -0.1) is 0 Å². The molecule has 1 amide bonds. The topological polar surface area (TPSA) is 66.8 Å². The molecule has 0 radical (unpaired) electrons. The number of hydrogen-bond acceptors (Lipinski definition) is 4. The summed E-state index contributed by atoms with van der Waals surface area (Å²) < 4.78 is 17.0. The normalized spacial score (nSPS) is 11.0. The quantitative estimate of drug-likeness (QED) is 0.508. The van der Waals surface area contributed by atoms with Gasteiger partial charge in [0.05, 0.1) is 13.2 Å². The molecule has 1 N–H and O–H groups in total. The van der Waals surface area contributed by atoms with Crippen LogP contribution < -0.4 is 0 Å². The van der Waals surface area contributed by atoms with E-state index in [0.717, 1.165) is 18.7 Å². The van der Waals surface area contributed by atoms with Crippen molar-refractivity contribution in [2.24, 2.45) is 0 Å². The fraction of sp³-hybridized carbons (Fsp3) is 0.231. The zero-order valence-corrected chi connectivity index (χ0v) is 10.6. The zero-order valence-electron chi connectivity index (χ0n) is 10.6. The summed E-state index contributed by atoms with van der Waals surface area (Å²) >= 11 is 0. The van der Waals surface area contributed by atoms with Gasteiger partial charge >= 0.3 is 5.97 Å². The standard InChI is InChI=1S/C13H14FNO4/c1-15(8-9-3-5-10(14)6-4-9)12(17)7-11(16)13(18)19-2/h3-7,16H,8H2,1-2H3/b11-7-.